The van der Waals surface area contributed by atoms with Crippen LogP contribution in [0.3, 0.4) is 0 Å². The molecule has 1 aliphatic heterocycles. The molecule has 1 aliphatic rings. The number of fused-ring (bicyclic) bond motifs is 1. The van der Waals surface area contributed by atoms with E-state index in [0.29, 0.717) is 13.1 Å². The summed E-state index contributed by atoms with van der Waals surface area (Å²) in [6.07, 6.45) is 0. The Labute approximate surface area is 168 Å². The van der Waals surface area contributed by atoms with Crippen molar-refractivity contribution < 1.29 is 4.79 Å². The molecular formula is C21H23ClN4O2. The van der Waals surface area contributed by atoms with Gasteiger partial charge in [-0.1, -0.05) is 35.9 Å². The molecule has 3 aromatic rings. The van der Waals surface area contributed by atoms with E-state index in [1.165, 1.54) is 5.56 Å². The van der Waals surface area contributed by atoms with E-state index in [9.17, 15) is 9.59 Å². The van der Waals surface area contributed by atoms with Crippen LogP contribution in [0.5, 0.6) is 0 Å². The Morgan fingerprint density at radius 2 is 1.71 bits per heavy atom. The van der Waals surface area contributed by atoms with Crippen molar-refractivity contribution >= 4 is 28.5 Å². The summed E-state index contributed by atoms with van der Waals surface area (Å²) < 4.78 is 3.15. The minimum atomic E-state index is -0.158. The fourth-order valence-corrected chi connectivity index (χ4v) is 4.01. The molecule has 2 aromatic carbocycles. The lowest BCUT2D eigenvalue weighted by Gasteiger charge is -2.34. The summed E-state index contributed by atoms with van der Waals surface area (Å²) in [5, 5.41) is 0.742. The number of nitrogens with zero attached hydrogens (tertiary/aromatic N) is 4. The number of imidazole rings is 1. The van der Waals surface area contributed by atoms with E-state index in [4.69, 9.17) is 11.6 Å². The van der Waals surface area contributed by atoms with Crippen LogP contribution in [0.15, 0.2) is 53.3 Å². The molecule has 0 N–H and O–H groups in total. The van der Waals surface area contributed by atoms with E-state index in [2.05, 4.69) is 11.0 Å². The maximum atomic E-state index is 12.8. The number of benzene rings is 2. The van der Waals surface area contributed by atoms with Gasteiger partial charge in [-0.3, -0.25) is 18.8 Å². The quantitative estimate of drug-likeness (QED) is 0.677. The van der Waals surface area contributed by atoms with Crippen molar-refractivity contribution in [3.63, 3.8) is 0 Å². The smallest absolute Gasteiger partial charge is 0.329 e. The van der Waals surface area contributed by atoms with Crippen molar-refractivity contribution in [1.82, 2.24) is 18.9 Å². The fraction of sp³-hybridized carbons (Fsp3) is 0.333. The number of piperazine rings is 1. The van der Waals surface area contributed by atoms with E-state index in [-0.39, 0.29) is 18.1 Å². The van der Waals surface area contributed by atoms with Gasteiger partial charge in [-0.25, -0.2) is 4.79 Å². The number of carbonyl (C=O) groups is 1. The Balaban J connectivity index is 1.40. The van der Waals surface area contributed by atoms with Gasteiger partial charge in [0.05, 0.1) is 11.0 Å². The third-order valence-corrected chi connectivity index (χ3v) is 5.60. The molecule has 0 aliphatic carbocycles. The average molecular weight is 399 g/mol. The fourth-order valence-electron chi connectivity index (χ4n) is 3.80. The third kappa shape index (κ3) is 3.70. The maximum absolute atomic E-state index is 12.8. The zero-order chi connectivity index (χ0) is 19.7. The van der Waals surface area contributed by atoms with Crippen molar-refractivity contribution in [3.05, 3.63) is 69.6 Å². The van der Waals surface area contributed by atoms with Crippen molar-refractivity contribution in [1.29, 1.82) is 0 Å². The molecule has 0 saturated carbocycles. The Morgan fingerprint density at radius 1 is 1.00 bits per heavy atom. The SMILES string of the molecule is Cn1c(=O)n(CC(=O)N2CCN(Cc3cccc(Cl)c3)CC2)c2ccccc21. The lowest BCUT2D eigenvalue weighted by atomic mass is 10.2. The van der Waals surface area contributed by atoms with Gasteiger partial charge in [0.1, 0.15) is 6.54 Å². The first-order chi connectivity index (χ1) is 13.5. The highest BCUT2D eigenvalue weighted by Gasteiger charge is 2.23. The van der Waals surface area contributed by atoms with Crippen molar-refractivity contribution in [2.75, 3.05) is 26.2 Å². The summed E-state index contributed by atoms with van der Waals surface area (Å²) in [4.78, 5) is 29.5. The Bertz CT molecular complexity index is 1060. The number of amides is 1. The van der Waals surface area contributed by atoms with Crippen LogP contribution >= 0.6 is 11.6 Å². The van der Waals surface area contributed by atoms with Crippen LogP contribution in [-0.4, -0.2) is 51.0 Å². The van der Waals surface area contributed by atoms with Crippen LogP contribution in [0, 0.1) is 0 Å². The van der Waals surface area contributed by atoms with Gasteiger partial charge in [-0.2, -0.15) is 0 Å². The van der Waals surface area contributed by atoms with Gasteiger partial charge in [0.2, 0.25) is 5.91 Å². The second-order valence-electron chi connectivity index (χ2n) is 7.20. The highest BCUT2D eigenvalue weighted by Crippen LogP contribution is 2.15. The topological polar surface area (TPSA) is 50.5 Å². The van der Waals surface area contributed by atoms with E-state index in [1.807, 2.05) is 47.4 Å². The highest BCUT2D eigenvalue weighted by atomic mass is 35.5. The summed E-state index contributed by atoms with van der Waals surface area (Å²) in [5.41, 5.74) is 2.65. The monoisotopic (exact) mass is 398 g/mol. The molecule has 0 atom stereocenters. The van der Waals surface area contributed by atoms with Gasteiger partial charge < -0.3 is 4.90 Å². The van der Waals surface area contributed by atoms with Gasteiger partial charge in [0.15, 0.2) is 0 Å². The van der Waals surface area contributed by atoms with Gasteiger partial charge in [-0.15, -0.1) is 0 Å². The number of rotatable bonds is 4. The largest absolute Gasteiger partial charge is 0.339 e. The molecule has 0 bridgehead atoms. The first kappa shape index (κ1) is 18.8. The molecule has 4 rings (SSSR count). The summed E-state index contributed by atoms with van der Waals surface area (Å²) >= 11 is 6.06. The van der Waals surface area contributed by atoms with Crippen molar-refractivity contribution in [3.8, 4) is 0 Å². The predicted octanol–water partition coefficient (Wildman–Crippen LogP) is 2.34. The number of hydrogen-bond acceptors (Lipinski definition) is 3. The lowest BCUT2D eigenvalue weighted by molar-refractivity contribution is -0.133. The van der Waals surface area contributed by atoms with Crippen LogP contribution in [0.25, 0.3) is 11.0 Å². The van der Waals surface area contributed by atoms with Crippen molar-refractivity contribution in [2.24, 2.45) is 7.05 Å². The first-order valence-corrected chi connectivity index (χ1v) is 9.79. The van der Waals surface area contributed by atoms with Gasteiger partial charge in [0, 0.05) is 44.8 Å². The Hall–Kier alpha value is -2.57. The maximum Gasteiger partial charge on any atom is 0.329 e. The molecule has 1 saturated heterocycles. The van der Waals surface area contributed by atoms with E-state index in [0.717, 1.165) is 35.7 Å². The molecule has 6 nitrogen and oxygen atoms in total. The summed E-state index contributed by atoms with van der Waals surface area (Å²) in [6, 6.07) is 15.4. The number of aromatic nitrogens is 2. The second kappa shape index (κ2) is 7.81. The number of carbonyl (C=O) groups excluding carboxylic acids is 1. The summed E-state index contributed by atoms with van der Waals surface area (Å²) in [7, 11) is 1.74. The number of halogens is 1. The Kier molecular flexibility index (Phi) is 5.24. The average Bonchev–Trinajstić information content (AvgIpc) is 2.94. The number of aryl methyl sites for hydroxylation is 1. The normalized spacial score (nSPS) is 15.3. The van der Waals surface area contributed by atoms with Crippen molar-refractivity contribution in [2.45, 2.75) is 13.1 Å². The van der Waals surface area contributed by atoms with Crippen LogP contribution < -0.4 is 5.69 Å². The molecule has 0 unspecified atom stereocenters. The molecule has 0 spiro atoms. The lowest BCUT2D eigenvalue weighted by Crippen LogP contribution is -2.49. The van der Waals surface area contributed by atoms with Gasteiger partial charge in [-0.05, 0) is 29.8 Å². The zero-order valence-corrected chi connectivity index (χ0v) is 16.6. The standard InChI is InChI=1S/C21H23ClN4O2/c1-23-18-7-2-3-8-19(18)26(21(23)28)15-20(27)25-11-9-24(10-12-25)14-16-5-4-6-17(22)13-16/h2-8,13H,9-12,14-15H2,1H3. The molecule has 7 heteroatoms. The minimum absolute atomic E-state index is 0.0131. The molecule has 1 aromatic heterocycles. The zero-order valence-electron chi connectivity index (χ0n) is 15.8. The van der Waals surface area contributed by atoms with E-state index in [1.54, 1.807) is 16.2 Å². The molecule has 1 fully saturated rings. The minimum Gasteiger partial charge on any atom is -0.339 e. The van der Waals surface area contributed by atoms with E-state index >= 15 is 0 Å². The van der Waals surface area contributed by atoms with Gasteiger partial charge >= 0.3 is 5.69 Å². The first-order valence-electron chi connectivity index (χ1n) is 9.42. The second-order valence-corrected chi connectivity index (χ2v) is 7.64. The highest BCUT2D eigenvalue weighted by molar-refractivity contribution is 6.30. The van der Waals surface area contributed by atoms with Gasteiger partial charge in [0.25, 0.3) is 0 Å². The third-order valence-electron chi connectivity index (χ3n) is 5.37. The molecule has 1 amide bonds. The number of para-hydroxylation sites is 2. The molecular weight excluding hydrogens is 376 g/mol. The number of hydrogen-bond donors (Lipinski definition) is 0. The summed E-state index contributed by atoms with van der Waals surface area (Å²) in [6.45, 7) is 3.85. The molecule has 0 radical (unpaired) electrons. The van der Waals surface area contributed by atoms with Crippen LogP contribution in [0.2, 0.25) is 5.02 Å². The molecule has 28 heavy (non-hydrogen) atoms. The molecule has 146 valence electrons. The predicted molar refractivity (Wildman–Crippen MR) is 110 cm³/mol. The van der Waals surface area contributed by atoms with Crippen LogP contribution in [-0.2, 0) is 24.9 Å². The summed E-state index contributed by atoms with van der Waals surface area (Å²) in [5.74, 6) is -0.0131. The van der Waals surface area contributed by atoms with Crippen LogP contribution in [0.1, 0.15) is 5.56 Å². The van der Waals surface area contributed by atoms with Crippen LogP contribution in [0.4, 0.5) is 0 Å². The Morgan fingerprint density at radius 3 is 2.43 bits per heavy atom. The molecule has 2 heterocycles. The van der Waals surface area contributed by atoms with E-state index < -0.39 is 0 Å².